The van der Waals surface area contributed by atoms with Gasteiger partial charge in [-0.15, -0.1) is 0 Å². The number of carbonyl (C=O) groups is 3. The molecule has 2 rings (SSSR count). The van der Waals surface area contributed by atoms with Crippen LogP contribution >= 0.6 is 0 Å². The van der Waals surface area contributed by atoms with Crippen LogP contribution in [0.1, 0.15) is 65.2 Å². The fourth-order valence-corrected chi connectivity index (χ4v) is 4.24. The van der Waals surface area contributed by atoms with E-state index in [1.165, 1.54) is 0 Å². The first kappa shape index (κ1) is 21.7. The van der Waals surface area contributed by atoms with E-state index >= 15 is 0 Å². The van der Waals surface area contributed by atoms with Crippen molar-refractivity contribution in [3.05, 3.63) is 0 Å². The normalized spacial score (nSPS) is 22.7. The highest BCUT2D eigenvalue weighted by atomic mass is 16.2. The van der Waals surface area contributed by atoms with E-state index < -0.39 is 0 Å². The number of nitrogens with zero attached hydrogens (tertiary/aromatic N) is 2. The van der Waals surface area contributed by atoms with E-state index in [9.17, 15) is 14.4 Å². The van der Waals surface area contributed by atoms with Gasteiger partial charge in [0.1, 0.15) is 6.04 Å². The molecule has 0 radical (unpaired) electrons. The Kier molecular flexibility index (Phi) is 8.54. The third-order valence-corrected chi connectivity index (χ3v) is 5.81. The van der Waals surface area contributed by atoms with E-state index in [2.05, 4.69) is 19.2 Å². The molecule has 2 aliphatic heterocycles. The number of piperazine rings is 1. The molecule has 3 amide bonds. The number of unbranched alkanes of at least 4 members (excludes halogenated alkanes) is 1. The van der Waals surface area contributed by atoms with Gasteiger partial charge in [-0.2, -0.15) is 0 Å². The molecule has 2 saturated heterocycles. The van der Waals surface area contributed by atoms with Gasteiger partial charge in [-0.25, -0.2) is 0 Å². The summed E-state index contributed by atoms with van der Waals surface area (Å²) < 4.78 is 0. The molecule has 0 bridgehead atoms. The zero-order chi connectivity index (χ0) is 19.8. The molecule has 0 spiro atoms. The molecular weight excluding hydrogens is 344 g/mol. The fraction of sp³-hybridized carbons (Fsp3) is 0.850. The largest absolute Gasteiger partial charge is 0.370 e. The van der Waals surface area contributed by atoms with Gasteiger partial charge in [0.15, 0.2) is 0 Å². The number of primary amides is 1. The third-order valence-electron chi connectivity index (χ3n) is 5.81. The lowest BCUT2D eigenvalue weighted by atomic mass is 9.92. The molecule has 2 aliphatic rings. The molecule has 2 heterocycles. The van der Waals surface area contributed by atoms with Crippen molar-refractivity contribution in [1.82, 2.24) is 15.1 Å². The van der Waals surface area contributed by atoms with Gasteiger partial charge in [-0.3, -0.25) is 14.4 Å². The van der Waals surface area contributed by atoms with E-state index in [-0.39, 0.29) is 35.7 Å². The van der Waals surface area contributed by atoms with E-state index in [1.807, 2.05) is 9.80 Å². The minimum atomic E-state index is -0.360. The van der Waals surface area contributed by atoms with Crippen LogP contribution in [-0.4, -0.2) is 65.8 Å². The van der Waals surface area contributed by atoms with Crippen molar-refractivity contribution in [1.29, 1.82) is 0 Å². The summed E-state index contributed by atoms with van der Waals surface area (Å²) in [4.78, 5) is 41.0. The zero-order valence-electron chi connectivity index (χ0n) is 16.9. The Balaban J connectivity index is 2.00. The molecule has 27 heavy (non-hydrogen) atoms. The number of rotatable bonds is 9. The predicted molar refractivity (Wildman–Crippen MR) is 105 cm³/mol. The molecule has 0 unspecified atom stereocenters. The number of piperidine rings is 1. The standard InChI is InChI=1S/C20H36N4O3/c1-3-5-7-16-19(26)24(13-10-22-16)17(6-4-2)20(27)23-11-8-15(9-12-23)14-18(21)25/h15-17,22H,3-14H2,1-2H3,(H2,21,25)/t16-,17-/m0/s1. The summed E-state index contributed by atoms with van der Waals surface area (Å²) >= 11 is 0. The highest BCUT2D eigenvalue weighted by molar-refractivity contribution is 5.90. The number of carbonyl (C=O) groups excluding carboxylic acids is 3. The van der Waals surface area contributed by atoms with E-state index in [4.69, 9.17) is 5.73 Å². The second kappa shape index (κ2) is 10.6. The van der Waals surface area contributed by atoms with Gasteiger partial charge in [0.05, 0.1) is 6.04 Å². The van der Waals surface area contributed by atoms with Crippen LogP contribution in [0.4, 0.5) is 0 Å². The predicted octanol–water partition coefficient (Wildman–Crippen LogP) is 1.26. The Labute approximate surface area is 163 Å². The molecule has 154 valence electrons. The van der Waals surface area contributed by atoms with Crippen molar-refractivity contribution < 1.29 is 14.4 Å². The third kappa shape index (κ3) is 5.92. The molecule has 0 aromatic heterocycles. The van der Waals surface area contributed by atoms with Crippen molar-refractivity contribution in [2.45, 2.75) is 77.3 Å². The average molecular weight is 381 g/mol. The van der Waals surface area contributed by atoms with Crippen molar-refractivity contribution in [2.75, 3.05) is 26.2 Å². The van der Waals surface area contributed by atoms with Crippen LogP contribution in [0.15, 0.2) is 0 Å². The molecule has 0 aliphatic carbocycles. The fourth-order valence-electron chi connectivity index (χ4n) is 4.24. The van der Waals surface area contributed by atoms with Crippen LogP contribution in [0.3, 0.4) is 0 Å². The molecule has 7 nitrogen and oxygen atoms in total. The summed E-state index contributed by atoms with van der Waals surface area (Å²) in [7, 11) is 0. The number of hydrogen-bond donors (Lipinski definition) is 2. The molecule has 3 N–H and O–H groups in total. The topological polar surface area (TPSA) is 95.7 Å². The van der Waals surface area contributed by atoms with Gasteiger partial charge >= 0.3 is 0 Å². The smallest absolute Gasteiger partial charge is 0.245 e. The summed E-state index contributed by atoms with van der Waals surface area (Å²) in [5, 5.41) is 3.31. The molecule has 7 heteroatoms. The highest BCUT2D eigenvalue weighted by Gasteiger charge is 2.38. The van der Waals surface area contributed by atoms with Crippen molar-refractivity contribution in [3.8, 4) is 0 Å². The van der Waals surface area contributed by atoms with Crippen molar-refractivity contribution in [2.24, 2.45) is 11.7 Å². The van der Waals surface area contributed by atoms with E-state index in [1.54, 1.807) is 0 Å². The minimum absolute atomic E-state index is 0.0684. The van der Waals surface area contributed by atoms with Crippen LogP contribution in [0.2, 0.25) is 0 Å². The Bertz CT molecular complexity index is 517. The lowest BCUT2D eigenvalue weighted by Crippen LogP contribution is -2.61. The lowest BCUT2D eigenvalue weighted by molar-refractivity contribution is -0.150. The first-order valence-corrected chi connectivity index (χ1v) is 10.6. The van der Waals surface area contributed by atoms with Crippen LogP contribution in [0, 0.1) is 5.92 Å². The van der Waals surface area contributed by atoms with E-state index in [0.717, 1.165) is 45.1 Å². The minimum Gasteiger partial charge on any atom is -0.370 e. The van der Waals surface area contributed by atoms with Gasteiger partial charge in [-0.05, 0) is 31.6 Å². The summed E-state index contributed by atoms with van der Waals surface area (Å²) in [6.07, 6.45) is 6.48. The van der Waals surface area contributed by atoms with Crippen LogP contribution < -0.4 is 11.1 Å². The second-order valence-electron chi connectivity index (χ2n) is 7.92. The Morgan fingerprint density at radius 2 is 1.89 bits per heavy atom. The van der Waals surface area contributed by atoms with Crippen LogP contribution in [-0.2, 0) is 14.4 Å². The first-order chi connectivity index (χ1) is 13.0. The number of nitrogens with one attached hydrogen (secondary N) is 1. The van der Waals surface area contributed by atoms with Gasteiger partial charge in [0.25, 0.3) is 0 Å². The quantitative estimate of drug-likeness (QED) is 0.629. The van der Waals surface area contributed by atoms with Gasteiger partial charge in [0.2, 0.25) is 17.7 Å². The van der Waals surface area contributed by atoms with Gasteiger partial charge < -0.3 is 20.9 Å². The van der Waals surface area contributed by atoms with Crippen molar-refractivity contribution in [3.63, 3.8) is 0 Å². The van der Waals surface area contributed by atoms with Crippen LogP contribution in [0.25, 0.3) is 0 Å². The lowest BCUT2D eigenvalue weighted by Gasteiger charge is -2.41. The molecule has 2 fully saturated rings. The Morgan fingerprint density at radius 1 is 1.19 bits per heavy atom. The zero-order valence-corrected chi connectivity index (χ0v) is 16.9. The number of hydrogen-bond acceptors (Lipinski definition) is 4. The summed E-state index contributed by atoms with van der Waals surface area (Å²) in [6, 6.07) is -0.520. The number of amides is 3. The molecule has 2 atom stereocenters. The van der Waals surface area contributed by atoms with Gasteiger partial charge in [0, 0.05) is 32.6 Å². The summed E-state index contributed by atoms with van der Waals surface area (Å²) in [5.41, 5.74) is 5.30. The number of likely N-dealkylation sites (tertiary alicyclic amines) is 1. The summed E-state index contributed by atoms with van der Waals surface area (Å²) in [5.74, 6) is 0.146. The molecule has 0 aromatic rings. The van der Waals surface area contributed by atoms with Gasteiger partial charge in [-0.1, -0.05) is 33.1 Å². The Hall–Kier alpha value is -1.63. The maximum Gasteiger partial charge on any atom is 0.245 e. The SMILES string of the molecule is CCCC[C@@H]1NCCN([C@@H](CCC)C(=O)N2CCC(CC(N)=O)CC2)C1=O. The first-order valence-electron chi connectivity index (χ1n) is 10.6. The van der Waals surface area contributed by atoms with Crippen molar-refractivity contribution >= 4 is 17.7 Å². The monoisotopic (exact) mass is 380 g/mol. The maximum absolute atomic E-state index is 13.2. The molecule has 0 aromatic carbocycles. The maximum atomic E-state index is 13.2. The molecule has 0 saturated carbocycles. The average Bonchev–Trinajstić information content (AvgIpc) is 2.65. The highest BCUT2D eigenvalue weighted by Crippen LogP contribution is 2.23. The summed E-state index contributed by atoms with van der Waals surface area (Å²) in [6.45, 7) is 6.81. The van der Waals surface area contributed by atoms with E-state index in [0.29, 0.717) is 32.5 Å². The number of nitrogens with two attached hydrogens (primary N) is 1. The Morgan fingerprint density at radius 3 is 2.48 bits per heavy atom. The van der Waals surface area contributed by atoms with Crippen LogP contribution in [0.5, 0.6) is 0 Å². The molecular formula is C20H36N4O3. The second-order valence-corrected chi connectivity index (χ2v) is 7.92.